The number of amides is 1. The molecule has 13 heteroatoms. The highest BCUT2D eigenvalue weighted by Crippen LogP contribution is 2.39. The van der Waals surface area contributed by atoms with E-state index >= 15 is 0 Å². The molecule has 1 aromatic carbocycles. The van der Waals surface area contributed by atoms with Gasteiger partial charge in [0.15, 0.2) is 11.5 Å². The lowest BCUT2D eigenvalue weighted by Crippen LogP contribution is -2.49. The van der Waals surface area contributed by atoms with Crippen LogP contribution < -0.4 is 10.3 Å². The second kappa shape index (κ2) is 10.5. The van der Waals surface area contributed by atoms with Crippen LogP contribution in [-0.4, -0.2) is 70.9 Å². The highest BCUT2D eigenvalue weighted by Gasteiger charge is 2.37. The summed E-state index contributed by atoms with van der Waals surface area (Å²) in [6, 6.07) is 7.04. The molecule has 2 saturated carbocycles. The average Bonchev–Trinajstić information content (AvgIpc) is 3.56. The van der Waals surface area contributed by atoms with E-state index in [1.807, 2.05) is 0 Å². The molecular weight excluding hydrogens is 562 g/mol. The highest BCUT2D eigenvalue weighted by atomic mass is 19.3. The molecule has 1 N–H and O–H groups in total. The number of benzene rings is 1. The molecule has 4 aromatic rings. The highest BCUT2D eigenvalue weighted by molar-refractivity contribution is 5.91. The van der Waals surface area contributed by atoms with E-state index in [0.717, 1.165) is 12.8 Å². The van der Waals surface area contributed by atoms with Crippen molar-refractivity contribution in [3.05, 3.63) is 65.0 Å². The van der Waals surface area contributed by atoms with E-state index in [9.17, 15) is 23.5 Å². The lowest BCUT2D eigenvalue weighted by atomic mass is 9.91. The average molecular weight is 595 g/mol. The molecule has 0 radical (unpaired) electrons. The second-order valence-electron chi connectivity index (χ2n) is 12.0. The number of hydrogen-bond donors (Lipinski definition) is 1. The third kappa shape index (κ3) is 5.65. The summed E-state index contributed by atoms with van der Waals surface area (Å²) < 4.78 is 41.3. The predicted octanol–water partition coefficient (Wildman–Crippen LogP) is 4.07. The van der Waals surface area contributed by atoms with Gasteiger partial charge in [0.05, 0.1) is 36.3 Å². The number of rotatable bonds is 7. The Kier molecular flexibility index (Phi) is 6.79. The van der Waals surface area contributed by atoms with Gasteiger partial charge >= 0.3 is 0 Å². The predicted molar refractivity (Wildman–Crippen MR) is 150 cm³/mol. The van der Waals surface area contributed by atoms with Crippen molar-refractivity contribution in [3.8, 4) is 11.4 Å². The molecule has 226 valence electrons. The normalized spacial score (nSPS) is 20.4. The van der Waals surface area contributed by atoms with Gasteiger partial charge in [0, 0.05) is 31.8 Å². The summed E-state index contributed by atoms with van der Waals surface area (Å²) >= 11 is 0. The molecule has 3 aromatic heterocycles. The number of aliphatic hydroxyl groups is 1. The van der Waals surface area contributed by atoms with Crippen LogP contribution >= 0.6 is 0 Å². The quantitative estimate of drug-likeness (QED) is 0.339. The maximum absolute atomic E-state index is 13.4. The SMILES string of the molecule is O=C(c1cnc(C2CC2)o1)N1CCC(O)(Cn2cnc3c(cnn3-c3ccc(OC4CCC(F)(F)CC4)cc3)c2=O)CC1. The minimum absolute atomic E-state index is 0.0370. The second-order valence-corrected chi connectivity index (χ2v) is 12.0. The number of hydrogen-bond acceptors (Lipinski definition) is 8. The third-order valence-electron chi connectivity index (χ3n) is 8.71. The number of carbonyl (C=O) groups excluding carboxylic acids is 1. The minimum atomic E-state index is -2.61. The molecule has 4 heterocycles. The zero-order valence-corrected chi connectivity index (χ0v) is 23.5. The fourth-order valence-electron chi connectivity index (χ4n) is 5.90. The summed E-state index contributed by atoms with van der Waals surface area (Å²) in [4.78, 5) is 36.5. The molecular formula is C30H32F2N6O5. The van der Waals surface area contributed by atoms with Crippen LogP contribution in [0.15, 0.2) is 52.2 Å². The molecule has 0 atom stereocenters. The molecule has 3 aliphatic rings. The molecule has 2 aliphatic carbocycles. The third-order valence-corrected chi connectivity index (χ3v) is 8.71. The molecule has 3 fully saturated rings. The van der Waals surface area contributed by atoms with Crippen LogP contribution in [0.1, 0.15) is 73.7 Å². The van der Waals surface area contributed by atoms with Crippen LogP contribution in [-0.2, 0) is 6.54 Å². The van der Waals surface area contributed by atoms with Gasteiger partial charge in [-0.15, -0.1) is 0 Å². The van der Waals surface area contributed by atoms with Crippen molar-refractivity contribution < 1.29 is 27.8 Å². The maximum atomic E-state index is 13.4. The number of nitrogens with zero attached hydrogens (tertiary/aromatic N) is 6. The first-order valence-electron chi connectivity index (χ1n) is 14.7. The Morgan fingerprint density at radius 3 is 2.44 bits per heavy atom. The Bertz CT molecular complexity index is 1690. The lowest BCUT2D eigenvalue weighted by molar-refractivity contribution is -0.0582. The summed E-state index contributed by atoms with van der Waals surface area (Å²) in [5.74, 6) is -1.13. The largest absolute Gasteiger partial charge is 0.490 e. The molecule has 0 spiro atoms. The monoisotopic (exact) mass is 594 g/mol. The van der Waals surface area contributed by atoms with Gasteiger partial charge in [0.2, 0.25) is 11.7 Å². The van der Waals surface area contributed by atoms with Crippen LogP contribution in [0, 0.1) is 0 Å². The van der Waals surface area contributed by atoms with Crippen molar-refractivity contribution in [2.45, 2.75) is 81.5 Å². The van der Waals surface area contributed by atoms with Gasteiger partial charge < -0.3 is 19.2 Å². The first-order chi connectivity index (χ1) is 20.7. The van der Waals surface area contributed by atoms with Crippen molar-refractivity contribution in [1.29, 1.82) is 0 Å². The van der Waals surface area contributed by atoms with Crippen molar-refractivity contribution in [3.63, 3.8) is 0 Å². The maximum Gasteiger partial charge on any atom is 0.291 e. The molecule has 1 aliphatic heterocycles. The Morgan fingerprint density at radius 1 is 1.02 bits per heavy atom. The molecule has 11 nitrogen and oxygen atoms in total. The smallest absolute Gasteiger partial charge is 0.291 e. The van der Waals surface area contributed by atoms with E-state index in [-0.39, 0.29) is 42.7 Å². The fraction of sp³-hybridized carbons (Fsp3) is 0.500. The number of halogens is 2. The van der Waals surface area contributed by atoms with E-state index in [1.54, 1.807) is 33.8 Å². The van der Waals surface area contributed by atoms with E-state index < -0.39 is 11.5 Å². The summed E-state index contributed by atoms with van der Waals surface area (Å²) in [5.41, 5.74) is -0.480. The number of piperidine rings is 1. The lowest BCUT2D eigenvalue weighted by Gasteiger charge is -2.38. The van der Waals surface area contributed by atoms with Gasteiger partial charge in [-0.05, 0) is 62.8 Å². The van der Waals surface area contributed by atoms with Crippen LogP contribution in [0.2, 0.25) is 0 Å². The molecule has 0 bridgehead atoms. The number of oxazole rings is 1. The summed E-state index contributed by atoms with van der Waals surface area (Å²) in [7, 11) is 0. The standard InChI is InChI=1S/C30H32F2N6O5/c31-30(32)9-7-22(8-10-30)42-21-5-3-20(4-6-21)38-25-23(15-35-38)27(39)37(18-34-25)17-29(41)11-13-36(14-12-29)28(40)24-16-33-26(43-24)19-1-2-19/h3-6,15-16,18-19,22,41H,1-2,7-14,17H2. The van der Waals surface area contributed by atoms with E-state index in [4.69, 9.17) is 9.15 Å². The Morgan fingerprint density at radius 2 is 1.74 bits per heavy atom. The van der Waals surface area contributed by atoms with Crippen LogP contribution in [0.3, 0.4) is 0 Å². The fourth-order valence-corrected chi connectivity index (χ4v) is 5.90. The summed E-state index contributed by atoms with van der Waals surface area (Å²) in [6.07, 6.45) is 7.02. The van der Waals surface area contributed by atoms with Crippen LogP contribution in [0.25, 0.3) is 16.7 Å². The number of carbonyl (C=O) groups is 1. The van der Waals surface area contributed by atoms with E-state index in [1.165, 1.54) is 23.3 Å². The molecule has 0 unspecified atom stereocenters. The van der Waals surface area contributed by atoms with Gasteiger partial charge in [0.25, 0.3) is 11.5 Å². The number of alkyl halides is 2. The molecule has 1 saturated heterocycles. The van der Waals surface area contributed by atoms with Gasteiger partial charge in [-0.1, -0.05) is 0 Å². The zero-order valence-electron chi connectivity index (χ0n) is 23.5. The topological polar surface area (TPSA) is 129 Å². The summed E-state index contributed by atoms with van der Waals surface area (Å²) in [5, 5.41) is 16.0. The van der Waals surface area contributed by atoms with Crippen molar-refractivity contribution >= 4 is 16.9 Å². The Hall–Kier alpha value is -4.13. The number of aromatic nitrogens is 5. The first-order valence-corrected chi connectivity index (χ1v) is 14.7. The Balaban J connectivity index is 0.999. The van der Waals surface area contributed by atoms with Crippen molar-refractivity contribution in [1.82, 2.24) is 29.2 Å². The first kappa shape index (κ1) is 27.7. The number of fused-ring (bicyclic) bond motifs is 1. The zero-order chi connectivity index (χ0) is 29.8. The Labute approximate surface area is 245 Å². The van der Waals surface area contributed by atoms with Crippen LogP contribution in [0.4, 0.5) is 8.78 Å². The molecule has 43 heavy (non-hydrogen) atoms. The van der Waals surface area contributed by atoms with E-state index in [0.29, 0.717) is 73.1 Å². The van der Waals surface area contributed by atoms with Gasteiger partial charge in [-0.25, -0.2) is 23.4 Å². The van der Waals surface area contributed by atoms with Gasteiger partial charge in [-0.2, -0.15) is 5.10 Å². The van der Waals surface area contributed by atoms with E-state index in [2.05, 4.69) is 15.1 Å². The van der Waals surface area contributed by atoms with Gasteiger partial charge in [0.1, 0.15) is 17.5 Å². The van der Waals surface area contributed by atoms with Crippen molar-refractivity contribution in [2.75, 3.05) is 13.1 Å². The minimum Gasteiger partial charge on any atom is -0.490 e. The molecule has 1 amide bonds. The number of likely N-dealkylation sites (tertiary alicyclic amines) is 1. The molecule has 7 rings (SSSR count). The summed E-state index contributed by atoms with van der Waals surface area (Å²) in [6.45, 7) is 0.684. The number of ether oxygens (including phenoxy) is 1. The van der Waals surface area contributed by atoms with Crippen molar-refractivity contribution in [2.24, 2.45) is 0 Å². The van der Waals surface area contributed by atoms with Gasteiger partial charge in [-0.3, -0.25) is 14.2 Å². The van der Waals surface area contributed by atoms with Crippen LogP contribution in [0.5, 0.6) is 5.75 Å².